The Kier molecular flexibility index (Phi) is 4.14. The number of hydrogen-bond acceptors (Lipinski definition) is 2. The fourth-order valence-electron chi connectivity index (χ4n) is 2.70. The zero-order valence-corrected chi connectivity index (χ0v) is 12.2. The van der Waals surface area contributed by atoms with E-state index in [4.69, 9.17) is 5.11 Å². The van der Waals surface area contributed by atoms with Gasteiger partial charge in [-0.05, 0) is 42.0 Å². The highest BCUT2D eigenvalue weighted by Crippen LogP contribution is 2.31. The second kappa shape index (κ2) is 5.67. The van der Waals surface area contributed by atoms with Crippen LogP contribution in [0.4, 0.5) is 0 Å². The fourth-order valence-corrected chi connectivity index (χ4v) is 2.70. The van der Waals surface area contributed by atoms with Gasteiger partial charge in [0.05, 0.1) is 11.1 Å². The third-order valence-electron chi connectivity index (χ3n) is 3.66. The first-order valence-corrected chi connectivity index (χ1v) is 6.91. The molecule has 0 unspecified atom stereocenters. The van der Waals surface area contributed by atoms with Gasteiger partial charge in [0.2, 0.25) is 0 Å². The van der Waals surface area contributed by atoms with E-state index >= 15 is 0 Å². The third-order valence-corrected chi connectivity index (χ3v) is 3.66. The van der Waals surface area contributed by atoms with Crippen LogP contribution in [0.5, 0.6) is 0 Å². The molecule has 0 saturated heterocycles. The van der Waals surface area contributed by atoms with E-state index < -0.39 is 5.97 Å². The van der Waals surface area contributed by atoms with Crippen LogP contribution in [-0.2, 0) is 13.5 Å². The Morgan fingerprint density at radius 3 is 2.60 bits per heavy atom. The first kappa shape index (κ1) is 14.6. The number of carboxylic acid groups (broad SMARTS) is 1. The number of fused-ring (bicyclic) bond motifs is 1. The number of aliphatic hydroxyl groups is 1. The molecule has 1 heterocycles. The Hall–Kier alpha value is -1.81. The Balaban J connectivity index is 2.70. The largest absolute Gasteiger partial charge is 0.478 e. The fraction of sp³-hybridized carbons (Fsp3) is 0.438. The Morgan fingerprint density at radius 2 is 2.05 bits per heavy atom. The molecule has 1 aromatic carbocycles. The van der Waals surface area contributed by atoms with Crippen molar-refractivity contribution in [2.24, 2.45) is 7.05 Å². The van der Waals surface area contributed by atoms with Gasteiger partial charge in [0.15, 0.2) is 0 Å². The van der Waals surface area contributed by atoms with Crippen molar-refractivity contribution >= 4 is 16.9 Å². The van der Waals surface area contributed by atoms with Crippen molar-refractivity contribution in [3.05, 3.63) is 35.0 Å². The third kappa shape index (κ3) is 2.56. The van der Waals surface area contributed by atoms with E-state index in [2.05, 4.69) is 18.4 Å². The minimum absolute atomic E-state index is 0.145. The monoisotopic (exact) mass is 275 g/mol. The Bertz CT molecular complexity index is 641. The summed E-state index contributed by atoms with van der Waals surface area (Å²) < 4.78 is 2.06. The number of aryl methyl sites for hydroxylation is 2. The normalized spacial score (nSPS) is 11.4. The SMILES string of the molecule is CC(C)c1cc(C(=O)O)cc2c(CCCO)cn(C)c12. The summed E-state index contributed by atoms with van der Waals surface area (Å²) in [5.41, 5.74) is 3.58. The van der Waals surface area contributed by atoms with Gasteiger partial charge in [-0.25, -0.2) is 4.79 Å². The van der Waals surface area contributed by atoms with Crippen LogP contribution in [0, 0.1) is 0 Å². The maximum atomic E-state index is 11.3. The lowest BCUT2D eigenvalue weighted by molar-refractivity contribution is 0.0697. The number of aromatic carboxylic acids is 1. The topological polar surface area (TPSA) is 62.5 Å². The summed E-state index contributed by atoms with van der Waals surface area (Å²) in [5.74, 6) is -0.637. The second-order valence-corrected chi connectivity index (χ2v) is 5.51. The number of rotatable bonds is 5. The van der Waals surface area contributed by atoms with Crippen molar-refractivity contribution in [3.63, 3.8) is 0 Å². The molecule has 0 spiro atoms. The van der Waals surface area contributed by atoms with Crippen molar-refractivity contribution in [3.8, 4) is 0 Å². The molecule has 108 valence electrons. The van der Waals surface area contributed by atoms with Crippen LogP contribution >= 0.6 is 0 Å². The lowest BCUT2D eigenvalue weighted by Gasteiger charge is -2.11. The average Bonchev–Trinajstić information content (AvgIpc) is 2.72. The molecule has 0 aliphatic carbocycles. The molecule has 0 atom stereocenters. The van der Waals surface area contributed by atoms with Crippen LogP contribution in [0.25, 0.3) is 10.9 Å². The summed E-state index contributed by atoms with van der Waals surface area (Å²) in [5, 5.41) is 19.3. The number of carbonyl (C=O) groups is 1. The second-order valence-electron chi connectivity index (χ2n) is 5.51. The highest BCUT2D eigenvalue weighted by Gasteiger charge is 2.16. The standard InChI is InChI=1S/C16H21NO3/c1-10(2)13-7-12(16(19)20)8-14-11(5-4-6-18)9-17(3)15(13)14/h7-10,18H,4-6H2,1-3H3,(H,19,20). The molecule has 4 nitrogen and oxygen atoms in total. The van der Waals surface area contributed by atoms with Crippen LogP contribution in [0.3, 0.4) is 0 Å². The van der Waals surface area contributed by atoms with Crippen molar-refractivity contribution in [1.82, 2.24) is 4.57 Å². The van der Waals surface area contributed by atoms with Crippen molar-refractivity contribution in [1.29, 1.82) is 0 Å². The smallest absolute Gasteiger partial charge is 0.335 e. The maximum absolute atomic E-state index is 11.3. The number of nitrogens with zero attached hydrogens (tertiary/aromatic N) is 1. The van der Waals surface area contributed by atoms with Crippen LogP contribution < -0.4 is 0 Å². The summed E-state index contributed by atoms with van der Waals surface area (Å²) in [4.78, 5) is 11.3. The number of hydrogen-bond donors (Lipinski definition) is 2. The number of aliphatic hydroxyl groups excluding tert-OH is 1. The van der Waals surface area contributed by atoms with Gasteiger partial charge < -0.3 is 14.8 Å². The quantitative estimate of drug-likeness (QED) is 0.882. The molecule has 0 bridgehead atoms. The van der Waals surface area contributed by atoms with E-state index in [-0.39, 0.29) is 12.5 Å². The average molecular weight is 275 g/mol. The maximum Gasteiger partial charge on any atom is 0.335 e. The van der Waals surface area contributed by atoms with E-state index in [0.29, 0.717) is 12.0 Å². The molecular weight excluding hydrogens is 254 g/mol. The van der Waals surface area contributed by atoms with Crippen molar-refractivity contribution in [2.75, 3.05) is 6.61 Å². The summed E-state index contributed by atoms with van der Waals surface area (Å²) >= 11 is 0. The van der Waals surface area contributed by atoms with E-state index in [1.54, 1.807) is 12.1 Å². The Morgan fingerprint density at radius 1 is 1.35 bits per heavy atom. The van der Waals surface area contributed by atoms with Crippen LogP contribution in [0.15, 0.2) is 18.3 Å². The molecule has 0 aliphatic heterocycles. The Labute approximate surface area is 118 Å². The molecule has 20 heavy (non-hydrogen) atoms. The van der Waals surface area contributed by atoms with Gasteiger partial charge >= 0.3 is 5.97 Å². The zero-order valence-electron chi connectivity index (χ0n) is 12.2. The van der Waals surface area contributed by atoms with Gasteiger partial charge in [-0.15, -0.1) is 0 Å². The number of carboxylic acids is 1. The molecule has 0 amide bonds. The molecule has 1 aromatic heterocycles. The van der Waals surface area contributed by atoms with Crippen molar-refractivity contribution in [2.45, 2.75) is 32.6 Å². The summed E-state index contributed by atoms with van der Waals surface area (Å²) in [6, 6.07) is 3.52. The zero-order chi connectivity index (χ0) is 14.9. The minimum atomic E-state index is -0.897. The van der Waals surface area contributed by atoms with Gasteiger partial charge in [-0.1, -0.05) is 13.8 Å². The van der Waals surface area contributed by atoms with E-state index in [9.17, 15) is 9.90 Å². The number of aromatic nitrogens is 1. The molecule has 0 aliphatic rings. The van der Waals surface area contributed by atoms with Gasteiger partial charge in [-0.2, -0.15) is 0 Å². The molecule has 0 saturated carbocycles. The first-order valence-electron chi connectivity index (χ1n) is 6.91. The van der Waals surface area contributed by atoms with E-state index in [1.165, 1.54) is 0 Å². The lowest BCUT2D eigenvalue weighted by atomic mass is 9.96. The molecule has 0 radical (unpaired) electrons. The van der Waals surface area contributed by atoms with Gasteiger partial charge in [0, 0.05) is 25.2 Å². The highest BCUT2D eigenvalue weighted by atomic mass is 16.4. The van der Waals surface area contributed by atoms with Crippen LogP contribution in [-0.4, -0.2) is 27.4 Å². The van der Waals surface area contributed by atoms with Crippen molar-refractivity contribution < 1.29 is 15.0 Å². The first-order chi connectivity index (χ1) is 9.45. The van der Waals surface area contributed by atoms with Gasteiger partial charge in [0.1, 0.15) is 0 Å². The molecule has 4 heteroatoms. The summed E-state index contributed by atoms with van der Waals surface area (Å²) in [6.07, 6.45) is 3.49. The minimum Gasteiger partial charge on any atom is -0.478 e. The predicted molar refractivity (Wildman–Crippen MR) is 79.4 cm³/mol. The van der Waals surface area contributed by atoms with Crippen LogP contribution in [0.1, 0.15) is 47.7 Å². The van der Waals surface area contributed by atoms with E-state index in [1.807, 2.05) is 13.2 Å². The van der Waals surface area contributed by atoms with Gasteiger partial charge in [0.25, 0.3) is 0 Å². The van der Waals surface area contributed by atoms with Crippen LogP contribution in [0.2, 0.25) is 0 Å². The van der Waals surface area contributed by atoms with Gasteiger partial charge in [-0.3, -0.25) is 0 Å². The lowest BCUT2D eigenvalue weighted by Crippen LogP contribution is -2.01. The summed E-state index contributed by atoms with van der Waals surface area (Å²) in [7, 11) is 1.98. The van der Waals surface area contributed by atoms with E-state index in [0.717, 1.165) is 28.5 Å². The summed E-state index contributed by atoms with van der Waals surface area (Å²) in [6.45, 7) is 4.29. The molecule has 2 aromatic rings. The highest BCUT2D eigenvalue weighted by molar-refractivity contribution is 5.96. The molecule has 2 rings (SSSR count). The molecular formula is C16H21NO3. The number of benzene rings is 1. The molecule has 2 N–H and O–H groups in total. The predicted octanol–water partition coefficient (Wildman–Crippen LogP) is 2.92. The molecule has 0 fully saturated rings.